The van der Waals surface area contributed by atoms with Gasteiger partial charge >= 0.3 is 5.97 Å². The van der Waals surface area contributed by atoms with Crippen molar-refractivity contribution in [3.05, 3.63) is 42.5 Å². The van der Waals surface area contributed by atoms with Crippen LogP contribution in [0.5, 0.6) is 0 Å². The SMILES string of the molecule is C=CCNS(=O)(=O)c1cccc(C(=O)NCC2(C(=O)O)CC2)c1. The molecule has 2 rings (SSSR count). The molecule has 8 heteroatoms. The van der Waals surface area contributed by atoms with Gasteiger partial charge in [0.05, 0.1) is 10.3 Å². The molecule has 1 saturated carbocycles. The van der Waals surface area contributed by atoms with Crippen molar-refractivity contribution in [3.63, 3.8) is 0 Å². The van der Waals surface area contributed by atoms with E-state index < -0.39 is 27.3 Å². The van der Waals surface area contributed by atoms with E-state index in [2.05, 4.69) is 16.6 Å². The highest BCUT2D eigenvalue weighted by Crippen LogP contribution is 2.45. The van der Waals surface area contributed by atoms with E-state index in [9.17, 15) is 18.0 Å². The highest BCUT2D eigenvalue weighted by atomic mass is 32.2. The number of carboxylic acid groups (broad SMARTS) is 1. The van der Waals surface area contributed by atoms with Crippen LogP contribution in [0.3, 0.4) is 0 Å². The zero-order valence-electron chi connectivity index (χ0n) is 12.4. The van der Waals surface area contributed by atoms with Gasteiger partial charge in [0.25, 0.3) is 5.91 Å². The third kappa shape index (κ3) is 3.96. The second kappa shape index (κ2) is 6.51. The van der Waals surface area contributed by atoms with Crippen LogP contribution < -0.4 is 10.0 Å². The predicted molar refractivity (Wildman–Crippen MR) is 83.5 cm³/mol. The Morgan fingerprint density at radius 1 is 1.35 bits per heavy atom. The van der Waals surface area contributed by atoms with Gasteiger partial charge in [-0.15, -0.1) is 6.58 Å². The summed E-state index contributed by atoms with van der Waals surface area (Å²) in [6.07, 6.45) is 2.47. The Labute approximate surface area is 134 Å². The maximum Gasteiger partial charge on any atom is 0.311 e. The van der Waals surface area contributed by atoms with E-state index in [1.807, 2.05) is 0 Å². The molecule has 0 bridgehead atoms. The molecule has 0 radical (unpaired) electrons. The maximum absolute atomic E-state index is 12.1. The lowest BCUT2D eigenvalue weighted by Gasteiger charge is -2.12. The van der Waals surface area contributed by atoms with Crippen LogP contribution in [0.25, 0.3) is 0 Å². The van der Waals surface area contributed by atoms with Crippen molar-refractivity contribution in [2.75, 3.05) is 13.1 Å². The Hall–Kier alpha value is -2.19. The van der Waals surface area contributed by atoms with Crippen molar-refractivity contribution in [2.24, 2.45) is 5.41 Å². The first kappa shape index (κ1) is 17.2. The van der Waals surface area contributed by atoms with Crippen LogP contribution in [0.4, 0.5) is 0 Å². The number of carbonyl (C=O) groups is 2. The molecule has 0 saturated heterocycles. The van der Waals surface area contributed by atoms with Crippen LogP contribution in [0.15, 0.2) is 41.8 Å². The first-order valence-electron chi connectivity index (χ1n) is 7.03. The molecule has 7 nitrogen and oxygen atoms in total. The molecule has 0 unspecified atom stereocenters. The van der Waals surface area contributed by atoms with Gasteiger partial charge in [-0.25, -0.2) is 13.1 Å². The fraction of sp³-hybridized carbons (Fsp3) is 0.333. The molecule has 1 amide bonds. The van der Waals surface area contributed by atoms with Crippen LogP contribution in [0.1, 0.15) is 23.2 Å². The molecule has 1 aromatic rings. The molecule has 1 aromatic carbocycles. The number of benzene rings is 1. The van der Waals surface area contributed by atoms with Crippen molar-refractivity contribution >= 4 is 21.9 Å². The Kier molecular flexibility index (Phi) is 4.86. The molecule has 1 aliphatic carbocycles. The molecule has 1 fully saturated rings. The standard InChI is InChI=1S/C15H18N2O5S/c1-2-8-17-23(21,22)12-5-3-4-11(9-12)13(18)16-10-15(6-7-15)14(19)20/h2-5,9,17H,1,6-8,10H2,(H,16,18)(H,19,20). The minimum Gasteiger partial charge on any atom is -0.481 e. The fourth-order valence-electron chi connectivity index (χ4n) is 2.03. The van der Waals surface area contributed by atoms with Gasteiger partial charge in [0.2, 0.25) is 10.0 Å². The quantitative estimate of drug-likeness (QED) is 0.605. The third-order valence-corrected chi connectivity index (χ3v) is 5.14. The largest absolute Gasteiger partial charge is 0.481 e. The number of aliphatic carboxylic acids is 1. The Balaban J connectivity index is 2.08. The molecule has 0 spiro atoms. The molecule has 1 aliphatic rings. The number of hydrogen-bond donors (Lipinski definition) is 3. The van der Waals surface area contributed by atoms with Crippen molar-refractivity contribution in [1.29, 1.82) is 0 Å². The van der Waals surface area contributed by atoms with E-state index >= 15 is 0 Å². The van der Waals surface area contributed by atoms with Gasteiger partial charge in [-0.3, -0.25) is 9.59 Å². The monoisotopic (exact) mass is 338 g/mol. The molecule has 3 N–H and O–H groups in total. The summed E-state index contributed by atoms with van der Waals surface area (Å²) in [7, 11) is -3.72. The summed E-state index contributed by atoms with van der Waals surface area (Å²) >= 11 is 0. The average Bonchev–Trinajstić information content (AvgIpc) is 3.32. The Morgan fingerprint density at radius 2 is 2.04 bits per heavy atom. The molecular formula is C15H18N2O5S. The maximum atomic E-state index is 12.1. The van der Waals surface area contributed by atoms with Crippen LogP contribution >= 0.6 is 0 Å². The first-order chi connectivity index (χ1) is 10.8. The minimum absolute atomic E-state index is 0.0346. The summed E-state index contributed by atoms with van der Waals surface area (Å²) in [5, 5.41) is 11.6. The van der Waals surface area contributed by atoms with Crippen LogP contribution in [0.2, 0.25) is 0 Å². The van der Waals surface area contributed by atoms with E-state index in [1.54, 1.807) is 0 Å². The van der Waals surface area contributed by atoms with Gasteiger partial charge in [0, 0.05) is 18.7 Å². The molecule has 0 aliphatic heterocycles. The lowest BCUT2D eigenvalue weighted by molar-refractivity contribution is -0.143. The first-order valence-corrected chi connectivity index (χ1v) is 8.51. The van der Waals surface area contributed by atoms with Crippen LogP contribution in [0, 0.1) is 5.41 Å². The summed E-state index contributed by atoms with van der Waals surface area (Å²) in [6.45, 7) is 3.55. The number of carboxylic acids is 1. The number of amides is 1. The van der Waals surface area contributed by atoms with Crippen molar-refractivity contribution in [2.45, 2.75) is 17.7 Å². The van der Waals surface area contributed by atoms with Gasteiger partial charge in [-0.2, -0.15) is 0 Å². The zero-order chi connectivity index (χ0) is 17.1. The highest BCUT2D eigenvalue weighted by Gasteiger charge is 2.50. The number of sulfonamides is 1. The summed E-state index contributed by atoms with van der Waals surface area (Å²) in [5.41, 5.74) is -0.710. The van der Waals surface area contributed by atoms with E-state index in [1.165, 1.54) is 30.3 Å². The molecule has 0 heterocycles. The van der Waals surface area contributed by atoms with Crippen LogP contribution in [-0.2, 0) is 14.8 Å². The summed E-state index contributed by atoms with van der Waals surface area (Å²) < 4.78 is 26.3. The van der Waals surface area contributed by atoms with Gasteiger partial charge in [0.1, 0.15) is 0 Å². The topological polar surface area (TPSA) is 113 Å². The minimum atomic E-state index is -3.72. The number of rotatable bonds is 8. The molecule has 124 valence electrons. The lowest BCUT2D eigenvalue weighted by atomic mass is 10.1. The smallest absolute Gasteiger partial charge is 0.311 e. The summed E-state index contributed by atoms with van der Waals surface area (Å²) in [5.74, 6) is -1.43. The molecule has 0 atom stereocenters. The number of hydrogen-bond acceptors (Lipinski definition) is 4. The second-order valence-corrected chi connectivity index (χ2v) is 7.20. The van der Waals surface area contributed by atoms with Crippen molar-refractivity contribution in [3.8, 4) is 0 Å². The zero-order valence-corrected chi connectivity index (χ0v) is 13.2. The molecule has 23 heavy (non-hydrogen) atoms. The Morgan fingerprint density at radius 3 is 2.61 bits per heavy atom. The van der Waals surface area contributed by atoms with E-state index in [0.29, 0.717) is 12.8 Å². The summed E-state index contributed by atoms with van der Waals surface area (Å²) in [4.78, 5) is 23.1. The van der Waals surface area contributed by atoms with Crippen molar-refractivity contribution < 1.29 is 23.1 Å². The number of nitrogens with one attached hydrogen (secondary N) is 2. The van der Waals surface area contributed by atoms with E-state index in [-0.39, 0.29) is 23.5 Å². The van der Waals surface area contributed by atoms with Gasteiger partial charge in [0.15, 0.2) is 0 Å². The fourth-order valence-corrected chi connectivity index (χ4v) is 3.07. The van der Waals surface area contributed by atoms with Gasteiger partial charge < -0.3 is 10.4 Å². The van der Waals surface area contributed by atoms with E-state index in [0.717, 1.165) is 0 Å². The number of carbonyl (C=O) groups excluding carboxylic acids is 1. The average molecular weight is 338 g/mol. The van der Waals surface area contributed by atoms with E-state index in [4.69, 9.17) is 5.11 Å². The lowest BCUT2D eigenvalue weighted by Crippen LogP contribution is -2.34. The second-order valence-electron chi connectivity index (χ2n) is 5.44. The van der Waals surface area contributed by atoms with Gasteiger partial charge in [-0.05, 0) is 31.0 Å². The predicted octanol–water partition coefficient (Wildman–Crippen LogP) is 0.745. The van der Waals surface area contributed by atoms with Crippen molar-refractivity contribution in [1.82, 2.24) is 10.0 Å². The molecular weight excluding hydrogens is 320 g/mol. The normalized spacial score (nSPS) is 15.7. The van der Waals surface area contributed by atoms with Gasteiger partial charge in [-0.1, -0.05) is 12.1 Å². The summed E-state index contributed by atoms with van der Waals surface area (Å²) in [6, 6.07) is 5.56. The highest BCUT2D eigenvalue weighted by molar-refractivity contribution is 7.89. The van der Waals surface area contributed by atoms with Crippen LogP contribution in [-0.4, -0.2) is 38.5 Å². The Bertz CT molecular complexity index is 738. The molecule has 0 aromatic heterocycles. The third-order valence-electron chi connectivity index (χ3n) is 3.72.